The van der Waals surface area contributed by atoms with Gasteiger partial charge < -0.3 is 8.98 Å². The minimum Gasteiger partial charge on any atom is -0.454 e. The van der Waals surface area contributed by atoms with Gasteiger partial charge in [-0.2, -0.15) is 0 Å². The third-order valence-electron chi connectivity index (χ3n) is 11.6. The monoisotopic (exact) mass is 766 g/mol. The summed E-state index contributed by atoms with van der Waals surface area (Å²) in [6.45, 7) is 0. The van der Waals surface area contributed by atoms with Gasteiger partial charge in [0.1, 0.15) is 11.3 Å². The van der Waals surface area contributed by atoms with Crippen molar-refractivity contribution in [3.63, 3.8) is 0 Å². The maximum Gasteiger partial charge on any atom is 0.162 e. The molecular weight excluding hydrogens is 733 g/mol. The average Bonchev–Trinajstić information content (AvgIpc) is 3.88. The standard InChI is InChI=1S/C55H34N4O/c1-3-13-35(14-4-1)40-29-32-44-48(33-40)56-53(54-52(44)45-19-9-12-22-51(45)60-54)38-25-23-36(24-26-38)46-34-47(58-55(57-46)39-15-5-2-6-16-39)37-27-30-41(31-28-37)59-49-20-10-7-17-42(49)43-18-8-11-21-50(43)59/h1-34H. The molecule has 0 amide bonds. The van der Waals surface area contributed by atoms with E-state index >= 15 is 0 Å². The molecule has 12 aromatic rings. The number of aromatic nitrogens is 4. The molecule has 0 saturated carbocycles. The number of hydrogen-bond acceptors (Lipinski definition) is 4. The van der Waals surface area contributed by atoms with E-state index in [2.05, 4.69) is 174 Å². The molecule has 5 nitrogen and oxygen atoms in total. The molecule has 0 saturated heterocycles. The molecule has 0 bridgehead atoms. The highest BCUT2D eigenvalue weighted by Gasteiger charge is 2.19. The van der Waals surface area contributed by atoms with Crippen LogP contribution >= 0.6 is 0 Å². The Bertz CT molecular complexity index is 3520. The molecule has 60 heavy (non-hydrogen) atoms. The molecule has 0 aliphatic rings. The first-order valence-corrected chi connectivity index (χ1v) is 20.2. The molecule has 280 valence electrons. The minimum absolute atomic E-state index is 0.674. The van der Waals surface area contributed by atoms with Crippen LogP contribution < -0.4 is 0 Å². The van der Waals surface area contributed by atoms with E-state index in [4.69, 9.17) is 19.4 Å². The number of furan rings is 1. The van der Waals surface area contributed by atoms with E-state index < -0.39 is 0 Å². The van der Waals surface area contributed by atoms with E-state index in [9.17, 15) is 0 Å². The molecule has 0 unspecified atom stereocenters. The Balaban J connectivity index is 0.965. The fourth-order valence-corrected chi connectivity index (χ4v) is 8.73. The van der Waals surface area contributed by atoms with Crippen LogP contribution in [0.1, 0.15) is 0 Å². The molecule has 0 atom stereocenters. The number of rotatable bonds is 6. The highest BCUT2D eigenvalue weighted by atomic mass is 16.3. The van der Waals surface area contributed by atoms with E-state index in [1.807, 2.05) is 36.4 Å². The maximum atomic E-state index is 6.59. The summed E-state index contributed by atoms with van der Waals surface area (Å²) in [7, 11) is 0. The average molecular weight is 767 g/mol. The van der Waals surface area contributed by atoms with Gasteiger partial charge in [0.25, 0.3) is 0 Å². The molecule has 4 aromatic heterocycles. The van der Waals surface area contributed by atoms with Crippen molar-refractivity contribution in [2.24, 2.45) is 0 Å². The summed E-state index contributed by atoms with van der Waals surface area (Å²) in [5.74, 6) is 0.674. The molecule has 0 N–H and O–H groups in total. The van der Waals surface area contributed by atoms with Crippen LogP contribution in [0, 0.1) is 0 Å². The Labute approximate surface area is 345 Å². The van der Waals surface area contributed by atoms with Gasteiger partial charge in [-0.05, 0) is 53.6 Å². The van der Waals surface area contributed by atoms with Gasteiger partial charge in [0.05, 0.1) is 27.9 Å². The number of pyridine rings is 1. The van der Waals surface area contributed by atoms with Gasteiger partial charge in [0.15, 0.2) is 11.4 Å². The van der Waals surface area contributed by atoms with Crippen LogP contribution in [0.15, 0.2) is 211 Å². The number of para-hydroxylation sites is 3. The summed E-state index contributed by atoms with van der Waals surface area (Å²) >= 11 is 0. The quantitative estimate of drug-likeness (QED) is 0.169. The molecule has 12 rings (SSSR count). The maximum absolute atomic E-state index is 6.59. The Morgan fingerprint density at radius 2 is 0.900 bits per heavy atom. The van der Waals surface area contributed by atoms with Crippen molar-refractivity contribution in [2.45, 2.75) is 0 Å². The summed E-state index contributed by atoms with van der Waals surface area (Å²) in [5.41, 5.74) is 14.7. The summed E-state index contributed by atoms with van der Waals surface area (Å²) in [5, 5.41) is 5.71. The van der Waals surface area contributed by atoms with Gasteiger partial charge in [0.2, 0.25) is 0 Å². The van der Waals surface area contributed by atoms with Crippen molar-refractivity contribution >= 4 is 54.6 Å². The normalized spacial score (nSPS) is 11.7. The molecular formula is C55H34N4O. The highest BCUT2D eigenvalue weighted by Crippen LogP contribution is 2.41. The van der Waals surface area contributed by atoms with Gasteiger partial charge in [-0.15, -0.1) is 0 Å². The second-order valence-electron chi connectivity index (χ2n) is 15.2. The van der Waals surface area contributed by atoms with Crippen LogP contribution in [0.3, 0.4) is 0 Å². The highest BCUT2D eigenvalue weighted by molar-refractivity contribution is 6.21. The lowest BCUT2D eigenvalue weighted by atomic mass is 9.99. The van der Waals surface area contributed by atoms with E-state index in [-0.39, 0.29) is 0 Å². The molecule has 4 heterocycles. The Morgan fingerprint density at radius 1 is 0.367 bits per heavy atom. The van der Waals surface area contributed by atoms with Crippen LogP contribution in [0.25, 0.3) is 117 Å². The van der Waals surface area contributed by atoms with Crippen LogP contribution in [-0.4, -0.2) is 19.5 Å². The third-order valence-corrected chi connectivity index (χ3v) is 11.6. The number of benzene rings is 8. The van der Waals surface area contributed by atoms with Crippen molar-refractivity contribution in [1.29, 1.82) is 0 Å². The number of hydrogen-bond donors (Lipinski definition) is 0. The predicted octanol–water partition coefficient (Wildman–Crippen LogP) is 14.4. The largest absolute Gasteiger partial charge is 0.454 e. The smallest absolute Gasteiger partial charge is 0.162 e. The molecule has 8 aromatic carbocycles. The van der Waals surface area contributed by atoms with Gasteiger partial charge >= 0.3 is 0 Å². The third kappa shape index (κ3) is 5.59. The zero-order chi connectivity index (χ0) is 39.6. The summed E-state index contributed by atoms with van der Waals surface area (Å²) in [6, 6.07) is 71.9. The molecule has 5 heteroatoms. The summed E-state index contributed by atoms with van der Waals surface area (Å²) < 4.78 is 8.93. The first kappa shape index (κ1) is 33.9. The first-order chi connectivity index (χ1) is 29.7. The van der Waals surface area contributed by atoms with Gasteiger partial charge in [-0.25, -0.2) is 15.0 Å². The number of nitrogens with zero attached hydrogens (tertiary/aromatic N) is 4. The van der Waals surface area contributed by atoms with Gasteiger partial charge in [-0.1, -0.05) is 164 Å². The Kier molecular flexibility index (Phi) is 7.78. The molecule has 0 fully saturated rings. The fraction of sp³-hybridized carbons (Fsp3) is 0. The second kappa shape index (κ2) is 13.8. The zero-order valence-electron chi connectivity index (χ0n) is 32.3. The Morgan fingerprint density at radius 3 is 1.57 bits per heavy atom. The molecule has 0 spiro atoms. The molecule has 0 aliphatic carbocycles. The van der Waals surface area contributed by atoms with Crippen LogP contribution in [0.4, 0.5) is 0 Å². The molecule has 0 aliphatic heterocycles. The topological polar surface area (TPSA) is 56.7 Å². The lowest BCUT2D eigenvalue weighted by molar-refractivity contribution is 0.669. The van der Waals surface area contributed by atoms with Crippen LogP contribution in [-0.2, 0) is 0 Å². The minimum atomic E-state index is 0.674. The molecule has 0 radical (unpaired) electrons. The van der Waals surface area contributed by atoms with E-state index in [1.54, 1.807) is 0 Å². The van der Waals surface area contributed by atoms with Crippen molar-refractivity contribution in [2.75, 3.05) is 0 Å². The van der Waals surface area contributed by atoms with Crippen molar-refractivity contribution < 1.29 is 4.42 Å². The summed E-state index contributed by atoms with van der Waals surface area (Å²) in [4.78, 5) is 15.6. The predicted molar refractivity (Wildman–Crippen MR) is 246 cm³/mol. The zero-order valence-corrected chi connectivity index (χ0v) is 32.3. The fourth-order valence-electron chi connectivity index (χ4n) is 8.73. The van der Waals surface area contributed by atoms with Crippen LogP contribution in [0.5, 0.6) is 0 Å². The Hall–Kier alpha value is -8.15. The van der Waals surface area contributed by atoms with Crippen LogP contribution in [0.2, 0.25) is 0 Å². The first-order valence-electron chi connectivity index (χ1n) is 20.2. The van der Waals surface area contributed by atoms with Crippen molar-refractivity contribution in [1.82, 2.24) is 19.5 Å². The lowest BCUT2D eigenvalue weighted by Crippen LogP contribution is -1.97. The number of fused-ring (bicyclic) bond motifs is 8. The lowest BCUT2D eigenvalue weighted by Gasteiger charge is -2.12. The van der Waals surface area contributed by atoms with E-state index in [0.29, 0.717) is 5.82 Å². The van der Waals surface area contributed by atoms with Crippen molar-refractivity contribution in [3.05, 3.63) is 206 Å². The second-order valence-corrected chi connectivity index (χ2v) is 15.2. The van der Waals surface area contributed by atoms with E-state index in [1.165, 1.54) is 21.8 Å². The van der Waals surface area contributed by atoms with Crippen molar-refractivity contribution in [3.8, 4) is 62.0 Å². The van der Waals surface area contributed by atoms with E-state index in [0.717, 1.165) is 89.0 Å². The summed E-state index contributed by atoms with van der Waals surface area (Å²) in [6.07, 6.45) is 0. The van der Waals surface area contributed by atoms with Gasteiger partial charge in [-0.3, -0.25) is 0 Å². The van der Waals surface area contributed by atoms with Gasteiger partial charge in [0, 0.05) is 54.9 Å². The SMILES string of the molecule is c1ccc(-c2ccc3c(c2)nc(-c2ccc(-c4cc(-c5ccc(-n6c7ccccc7c7ccccc76)cc5)nc(-c5ccccc5)n4)cc2)c2oc4ccccc4c23)cc1.